The van der Waals surface area contributed by atoms with Crippen molar-refractivity contribution in [1.82, 2.24) is 0 Å². The summed E-state index contributed by atoms with van der Waals surface area (Å²) in [6, 6.07) is 16.4. The zero-order chi connectivity index (χ0) is 31.6. The van der Waals surface area contributed by atoms with E-state index in [2.05, 4.69) is 75.6 Å². The first-order valence-electron chi connectivity index (χ1n) is 15.8. The Labute approximate surface area is 258 Å². The van der Waals surface area contributed by atoms with Crippen LogP contribution in [0.2, 0.25) is 0 Å². The summed E-state index contributed by atoms with van der Waals surface area (Å²) in [7, 11) is 0. The number of hydrogen-bond acceptors (Lipinski definition) is 6. The topological polar surface area (TPSA) is 74.8 Å². The van der Waals surface area contributed by atoms with E-state index < -0.39 is 32.5 Å². The number of rotatable bonds is 9. The van der Waals surface area contributed by atoms with Crippen LogP contribution in [-0.2, 0) is 10.8 Å². The van der Waals surface area contributed by atoms with Gasteiger partial charge in [-0.15, -0.1) is 0 Å². The maximum atomic E-state index is 13.2. The van der Waals surface area contributed by atoms with Crippen LogP contribution in [-0.4, -0.2) is 13.1 Å². The Morgan fingerprint density at radius 3 is 1.30 bits per heavy atom. The van der Waals surface area contributed by atoms with Gasteiger partial charge in [0.2, 0.25) is 21.7 Å². The van der Waals surface area contributed by atoms with Gasteiger partial charge in [-0.3, -0.25) is 19.2 Å². The van der Waals surface area contributed by atoms with E-state index >= 15 is 0 Å². The van der Waals surface area contributed by atoms with Crippen molar-refractivity contribution in [1.29, 1.82) is 0 Å². The molecule has 6 heteroatoms. The summed E-state index contributed by atoms with van der Waals surface area (Å²) >= 11 is 0. The van der Waals surface area contributed by atoms with Crippen LogP contribution >= 0.6 is 0 Å². The van der Waals surface area contributed by atoms with E-state index in [1.54, 1.807) is 12.2 Å². The van der Waals surface area contributed by atoms with Crippen molar-refractivity contribution in [2.75, 3.05) is 22.9 Å². The fourth-order valence-electron chi connectivity index (χ4n) is 7.18. The molecule has 0 saturated carbocycles. The van der Waals surface area contributed by atoms with E-state index in [-0.39, 0.29) is 22.3 Å². The first kappa shape index (κ1) is 29.7. The van der Waals surface area contributed by atoms with Crippen LogP contribution < -0.4 is 31.5 Å². The van der Waals surface area contributed by atoms with Crippen molar-refractivity contribution in [2.45, 2.75) is 78.1 Å². The molecule has 2 aliphatic rings. The van der Waals surface area contributed by atoms with Gasteiger partial charge in [0.1, 0.15) is 0 Å². The fraction of sp³-hybridized carbons (Fsp3) is 0.368. The molecule has 0 radical (unpaired) electrons. The number of benzene rings is 2. The number of anilines is 2. The molecule has 0 bridgehead atoms. The number of hydrogen-bond donors (Lipinski definition) is 0. The average molecular weight is 589 g/mol. The predicted octanol–water partition coefficient (Wildman–Crippen LogP) is 6.42. The zero-order valence-corrected chi connectivity index (χ0v) is 26.5. The number of allylic oxidation sites excluding steroid dienone is 2. The Morgan fingerprint density at radius 2 is 0.932 bits per heavy atom. The second kappa shape index (κ2) is 10.7. The lowest BCUT2D eigenvalue weighted by Gasteiger charge is -2.28. The summed E-state index contributed by atoms with van der Waals surface area (Å²) in [6.07, 6.45) is 7.53. The molecule has 4 aromatic rings. The second-order valence-electron chi connectivity index (χ2n) is 13.2. The minimum atomic E-state index is -0.700. The van der Waals surface area contributed by atoms with Gasteiger partial charge in [0, 0.05) is 68.9 Å². The molecule has 4 aromatic carbocycles. The van der Waals surface area contributed by atoms with E-state index in [9.17, 15) is 19.2 Å². The molecule has 0 amide bonds. The molecule has 2 aliphatic heterocycles. The largest absolute Gasteiger partial charge is 0.344 e. The van der Waals surface area contributed by atoms with Gasteiger partial charge < -0.3 is 9.80 Å². The molecule has 2 heterocycles. The Balaban J connectivity index is 1.49. The van der Waals surface area contributed by atoms with E-state index in [1.807, 2.05) is 24.3 Å². The third-order valence-electron chi connectivity index (χ3n) is 9.78. The van der Waals surface area contributed by atoms with E-state index in [0.717, 1.165) is 72.7 Å². The Hall–Kier alpha value is -4.32. The minimum Gasteiger partial charge on any atom is -0.344 e. The monoisotopic (exact) mass is 588 g/mol. The molecule has 0 atom stereocenters. The van der Waals surface area contributed by atoms with Crippen molar-refractivity contribution in [2.24, 2.45) is 0 Å². The maximum absolute atomic E-state index is 13.2. The maximum Gasteiger partial charge on any atom is 0.235 e. The summed E-state index contributed by atoms with van der Waals surface area (Å²) in [5.41, 5.74) is 3.44. The number of unbranched alkanes of at least 4 members (excludes halogenated alkanes) is 2. The lowest BCUT2D eigenvalue weighted by Crippen LogP contribution is -2.44. The highest BCUT2D eigenvalue weighted by atomic mass is 16.2. The summed E-state index contributed by atoms with van der Waals surface area (Å²) in [6.45, 7) is 14.3. The Bertz CT molecular complexity index is 1850. The normalized spacial score (nSPS) is 18.6. The van der Waals surface area contributed by atoms with Crippen LogP contribution in [0.3, 0.4) is 0 Å². The van der Waals surface area contributed by atoms with Crippen LogP contribution in [0.25, 0.3) is 23.3 Å². The van der Waals surface area contributed by atoms with Gasteiger partial charge in [-0.1, -0.05) is 90.8 Å². The molecule has 44 heavy (non-hydrogen) atoms. The second-order valence-corrected chi connectivity index (χ2v) is 13.2. The first-order chi connectivity index (χ1) is 21.0. The first-order valence-corrected chi connectivity index (χ1v) is 15.8. The van der Waals surface area contributed by atoms with Crippen molar-refractivity contribution in [3.8, 4) is 11.1 Å². The standard InChI is InChI=1S/C38H40N2O4/c1-7-9-19-39-27-17-13-11-15-25(27)37(3,4)29(39)21-23-31(35(43)33(23)41)32-24(34(42)36(32)44)22-30-38(5,6)26-16-12-14-18-28(26)40(30)20-10-8-2/h11-18,21-22H,7-10,19-20H2,1-6H3/b29-21+,30-22+. The van der Waals surface area contributed by atoms with Crippen LogP contribution in [0.4, 0.5) is 11.4 Å². The van der Waals surface area contributed by atoms with Gasteiger partial charge in [-0.25, -0.2) is 0 Å². The average Bonchev–Trinajstić information content (AvgIpc) is 3.37. The van der Waals surface area contributed by atoms with Crippen molar-refractivity contribution >= 4 is 23.5 Å². The molecule has 226 valence electrons. The number of nitrogens with zero attached hydrogens (tertiary/aromatic N) is 2. The fourth-order valence-corrected chi connectivity index (χ4v) is 7.18. The van der Waals surface area contributed by atoms with Crippen molar-refractivity contribution < 1.29 is 0 Å². The molecule has 0 aromatic heterocycles. The smallest absolute Gasteiger partial charge is 0.235 e. The molecule has 6 rings (SSSR count). The third-order valence-corrected chi connectivity index (χ3v) is 9.78. The zero-order valence-electron chi connectivity index (χ0n) is 26.5. The molecule has 0 saturated heterocycles. The molecular formula is C38H40N2O4. The summed E-state index contributed by atoms with van der Waals surface area (Å²) in [5.74, 6) is 0. The Morgan fingerprint density at radius 1 is 0.568 bits per heavy atom. The van der Waals surface area contributed by atoms with Gasteiger partial charge in [0.15, 0.2) is 0 Å². The number of para-hydroxylation sites is 2. The number of fused-ring (bicyclic) bond motifs is 2. The van der Waals surface area contributed by atoms with E-state index in [0.29, 0.717) is 0 Å². The van der Waals surface area contributed by atoms with Crippen molar-refractivity contribution in [3.63, 3.8) is 0 Å². The van der Waals surface area contributed by atoms with Crippen LogP contribution in [0.1, 0.15) is 89.5 Å². The highest BCUT2D eigenvalue weighted by Gasteiger charge is 2.42. The van der Waals surface area contributed by atoms with Gasteiger partial charge in [-0.05, 0) is 48.3 Å². The van der Waals surface area contributed by atoms with E-state index in [1.165, 1.54) is 0 Å². The summed E-state index contributed by atoms with van der Waals surface area (Å²) in [4.78, 5) is 57.1. The molecule has 0 fully saturated rings. The molecule has 0 unspecified atom stereocenters. The van der Waals surface area contributed by atoms with Crippen LogP contribution in [0.5, 0.6) is 0 Å². The lowest BCUT2D eigenvalue weighted by atomic mass is 9.80. The lowest BCUT2D eigenvalue weighted by molar-refractivity contribution is 0.629. The van der Waals surface area contributed by atoms with E-state index in [4.69, 9.17) is 0 Å². The molecule has 0 spiro atoms. The summed E-state index contributed by atoms with van der Waals surface area (Å²) in [5, 5.41) is 0. The highest BCUT2D eigenvalue weighted by molar-refractivity contribution is 5.90. The molecule has 0 aliphatic carbocycles. The molecular weight excluding hydrogens is 548 g/mol. The molecule has 0 N–H and O–H groups in total. The van der Waals surface area contributed by atoms with Gasteiger partial charge in [-0.2, -0.15) is 0 Å². The quantitative estimate of drug-likeness (QED) is 0.210. The van der Waals surface area contributed by atoms with Crippen molar-refractivity contribution in [3.05, 3.63) is 123 Å². The van der Waals surface area contributed by atoms with Crippen LogP contribution in [0, 0.1) is 0 Å². The van der Waals surface area contributed by atoms with Crippen LogP contribution in [0.15, 0.2) is 79.1 Å². The van der Waals surface area contributed by atoms with Gasteiger partial charge in [0.05, 0.1) is 0 Å². The third kappa shape index (κ3) is 4.21. The summed E-state index contributed by atoms with van der Waals surface area (Å²) < 4.78 is 0. The minimum absolute atomic E-state index is 0.0783. The molecule has 6 nitrogen and oxygen atoms in total. The van der Waals surface area contributed by atoms with Gasteiger partial charge in [0.25, 0.3) is 0 Å². The SMILES string of the molecule is CCCCN1/C(=C/c2c(-c3c(/C=C4/N(CCCC)c5ccccc5C4(C)C)c(=O)c3=O)c(=O)c2=O)C(C)(C)c2ccccc21. The highest BCUT2D eigenvalue weighted by Crippen LogP contribution is 2.50. The van der Waals surface area contributed by atoms with Gasteiger partial charge >= 0.3 is 0 Å². The predicted molar refractivity (Wildman–Crippen MR) is 181 cm³/mol. The Kier molecular flexibility index (Phi) is 7.22.